The molecular formula is C20H13Cl2F3N2O3S. The molecule has 0 unspecified atom stereocenters. The van der Waals surface area contributed by atoms with Gasteiger partial charge in [0.05, 0.1) is 5.69 Å². The van der Waals surface area contributed by atoms with E-state index in [1.165, 1.54) is 12.1 Å². The standard InChI is InChI=1S/C20H13Cl2F3N2O3S/c21-14-6-9-16(10-7-14)30-26-19(13-4-2-1-3-5-13)17-12-15(22)8-11-18(17)27-31(28,29)20(23,24)25/h1-12,27H. The minimum absolute atomic E-state index is 0.0134. The molecule has 0 heterocycles. The molecule has 0 fully saturated rings. The third-order valence-corrected chi connectivity index (χ3v) is 5.47. The first kappa shape index (κ1) is 22.9. The van der Waals surface area contributed by atoms with Gasteiger partial charge in [-0.25, -0.2) is 0 Å². The van der Waals surface area contributed by atoms with Gasteiger partial charge in [-0.15, -0.1) is 0 Å². The molecule has 3 aromatic carbocycles. The van der Waals surface area contributed by atoms with Crippen LogP contribution in [0.2, 0.25) is 10.0 Å². The van der Waals surface area contributed by atoms with E-state index in [1.54, 1.807) is 59.3 Å². The molecule has 3 aromatic rings. The van der Waals surface area contributed by atoms with Gasteiger partial charge in [-0.05, 0) is 42.5 Å². The Morgan fingerprint density at radius 1 is 0.903 bits per heavy atom. The van der Waals surface area contributed by atoms with Crippen molar-refractivity contribution in [1.82, 2.24) is 0 Å². The largest absolute Gasteiger partial charge is 0.516 e. The van der Waals surface area contributed by atoms with Gasteiger partial charge in [0.2, 0.25) is 0 Å². The molecule has 0 amide bonds. The smallest absolute Gasteiger partial charge is 0.356 e. The summed E-state index contributed by atoms with van der Waals surface area (Å²) in [5.41, 5.74) is -5.39. The number of alkyl halides is 3. The molecule has 162 valence electrons. The van der Waals surface area contributed by atoms with Crippen LogP contribution in [0, 0.1) is 0 Å². The topological polar surface area (TPSA) is 67.8 Å². The Kier molecular flexibility index (Phi) is 6.78. The van der Waals surface area contributed by atoms with Crippen LogP contribution in [0.1, 0.15) is 11.1 Å². The predicted octanol–water partition coefficient (Wildman–Crippen LogP) is 6.09. The van der Waals surface area contributed by atoms with E-state index in [2.05, 4.69) is 5.16 Å². The number of hydrogen-bond donors (Lipinski definition) is 1. The monoisotopic (exact) mass is 488 g/mol. The highest BCUT2D eigenvalue weighted by molar-refractivity contribution is 7.93. The van der Waals surface area contributed by atoms with E-state index in [1.807, 2.05) is 0 Å². The zero-order chi connectivity index (χ0) is 22.6. The highest BCUT2D eigenvalue weighted by Crippen LogP contribution is 2.30. The Morgan fingerprint density at radius 2 is 1.52 bits per heavy atom. The minimum Gasteiger partial charge on any atom is -0.356 e. The van der Waals surface area contributed by atoms with Crippen LogP contribution in [0.5, 0.6) is 5.75 Å². The number of nitrogens with one attached hydrogen (secondary N) is 1. The maximum atomic E-state index is 12.9. The van der Waals surface area contributed by atoms with Gasteiger partial charge >= 0.3 is 15.5 Å². The summed E-state index contributed by atoms with van der Waals surface area (Å²) in [4.78, 5) is 5.41. The van der Waals surface area contributed by atoms with E-state index >= 15 is 0 Å². The molecule has 0 radical (unpaired) electrons. The molecule has 0 saturated carbocycles. The molecular weight excluding hydrogens is 476 g/mol. The van der Waals surface area contributed by atoms with Gasteiger partial charge < -0.3 is 4.84 Å². The number of halogens is 5. The van der Waals surface area contributed by atoms with Crippen LogP contribution in [0.3, 0.4) is 0 Å². The molecule has 0 aromatic heterocycles. The minimum atomic E-state index is -5.68. The normalized spacial score (nSPS) is 12.5. The van der Waals surface area contributed by atoms with Crippen molar-refractivity contribution in [3.8, 4) is 5.75 Å². The summed E-state index contributed by atoms with van der Waals surface area (Å²) in [5.74, 6) is 0.303. The summed E-state index contributed by atoms with van der Waals surface area (Å²) in [6, 6.07) is 18.2. The third-order valence-electron chi connectivity index (χ3n) is 3.89. The predicted molar refractivity (Wildman–Crippen MR) is 114 cm³/mol. The average molecular weight is 489 g/mol. The fourth-order valence-corrected chi connectivity index (χ4v) is 3.33. The average Bonchev–Trinajstić information content (AvgIpc) is 2.71. The van der Waals surface area contributed by atoms with E-state index in [-0.39, 0.29) is 22.0 Å². The lowest BCUT2D eigenvalue weighted by Gasteiger charge is -2.16. The Labute approximate surface area is 186 Å². The Balaban J connectivity index is 2.12. The maximum absolute atomic E-state index is 12.9. The number of benzene rings is 3. The molecule has 0 aliphatic rings. The van der Waals surface area contributed by atoms with Crippen LogP contribution in [-0.4, -0.2) is 19.6 Å². The van der Waals surface area contributed by atoms with Gasteiger partial charge in [-0.3, -0.25) is 4.72 Å². The van der Waals surface area contributed by atoms with Crippen molar-refractivity contribution in [3.63, 3.8) is 0 Å². The molecule has 0 aliphatic carbocycles. The third kappa shape index (κ3) is 5.69. The van der Waals surface area contributed by atoms with Crippen LogP contribution in [-0.2, 0) is 10.0 Å². The molecule has 11 heteroatoms. The number of oxime groups is 1. The molecule has 0 spiro atoms. The number of rotatable bonds is 6. The molecule has 0 atom stereocenters. The van der Waals surface area contributed by atoms with Gasteiger partial charge in [-0.2, -0.15) is 21.6 Å². The van der Waals surface area contributed by atoms with Crippen LogP contribution in [0.15, 0.2) is 78.0 Å². The molecule has 3 rings (SSSR count). The van der Waals surface area contributed by atoms with Crippen molar-refractivity contribution in [2.75, 3.05) is 4.72 Å². The summed E-state index contributed by atoms with van der Waals surface area (Å²) in [5, 5.41) is 4.68. The van der Waals surface area contributed by atoms with Crippen molar-refractivity contribution < 1.29 is 26.4 Å². The van der Waals surface area contributed by atoms with Crippen molar-refractivity contribution in [1.29, 1.82) is 0 Å². The highest BCUT2D eigenvalue weighted by Gasteiger charge is 2.46. The zero-order valence-corrected chi connectivity index (χ0v) is 17.7. The van der Waals surface area contributed by atoms with Crippen molar-refractivity contribution >= 4 is 44.6 Å². The highest BCUT2D eigenvalue weighted by atomic mass is 35.5. The SMILES string of the molecule is O=S(=O)(Nc1ccc(Cl)cc1C(=NOc1ccc(Cl)cc1)c1ccccc1)C(F)(F)F. The molecule has 0 bridgehead atoms. The fraction of sp³-hybridized carbons (Fsp3) is 0.0500. The first-order chi connectivity index (χ1) is 14.6. The second-order valence-corrected chi connectivity index (χ2v) is 8.64. The van der Waals surface area contributed by atoms with Crippen LogP contribution in [0.25, 0.3) is 0 Å². The van der Waals surface area contributed by atoms with E-state index in [9.17, 15) is 21.6 Å². The van der Waals surface area contributed by atoms with Crippen molar-refractivity contribution in [3.05, 3.63) is 94.0 Å². The quantitative estimate of drug-likeness (QED) is 0.337. The van der Waals surface area contributed by atoms with Gasteiger partial charge in [-0.1, -0.05) is 58.7 Å². The van der Waals surface area contributed by atoms with Crippen LogP contribution in [0.4, 0.5) is 18.9 Å². The summed E-state index contributed by atoms with van der Waals surface area (Å²) in [7, 11) is -5.68. The fourth-order valence-electron chi connectivity index (χ4n) is 2.45. The molecule has 1 N–H and O–H groups in total. The lowest BCUT2D eigenvalue weighted by molar-refractivity contribution is -0.0429. The molecule has 0 aliphatic heterocycles. The van der Waals surface area contributed by atoms with Gasteiger partial charge in [0, 0.05) is 21.2 Å². The summed E-state index contributed by atoms with van der Waals surface area (Å²) < 4.78 is 63.6. The Morgan fingerprint density at radius 3 is 2.13 bits per heavy atom. The molecule has 5 nitrogen and oxygen atoms in total. The van der Waals surface area contributed by atoms with Crippen LogP contribution < -0.4 is 9.56 Å². The molecule has 0 saturated heterocycles. The van der Waals surface area contributed by atoms with Gasteiger partial charge in [0.15, 0.2) is 5.75 Å². The lowest BCUT2D eigenvalue weighted by Crippen LogP contribution is -2.30. The Hall–Kier alpha value is -2.75. The first-order valence-electron chi connectivity index (χ1n) is 8.52. The number of nitrogens with zero attached hydrogens (tertiary/aromatic N) is 1. The van der Waals surface area contributed by atoms with E-state index < -0.39 is 15.5 Å². The Bertz CT molecular complexity index is 1200. The molecule has 31 heavy (non-hydrogen) atoms. The van der Waals surface area contributed by atoms with E-state index in [0.29, 0.717) is 16.3 Å². The van der Waals surface area contributed by atoms with Crippen molar-refractivity contribution in [2.24, 2.45) is 5.16 Å². The maximum Gasteiger partial charge on any atom is 0.516 e. The summed E-state index contributed by atoms with van der Waals surface area (Å²) in [6.07, 6.45) is 0. The number of sulfonamides is 1. The second-order valence-electron chi connectivity index (χ2n) is 6.09. The number of hydrogen-bond acceptors (Lipinski definition) is 4. The second kappa shape index (κ2) is 9.17. The van der Waals surface area contributed by atoms with Crippen molar-refractivity contribution in [2.45, 2.75) is 5.51 Å². The van der Waals surface area contributed by atoms with E-state index in [4.69, 9.17) is 28.0 Å². The number of anilines is 1. The van der Waals surface area contributed by atoms with E-state index in [0.717, 1.165) is 6.07 Å². The van der Waals surface area contributed by atoms with Crippen LogP contribution >= 0.6 is 23.2 Å². The summed E-state index contributed by atoms with van der Waals surface area (Å²) in [6.45, 7) is 0. The first-order valence-corrected chi connectivity index (χ1v) is 10.8. The van der Waals surface area contributed by atoms with Gasteiger partial charge in [0.25, 0.3) is 0 Å². The van der Waals surface area contributed by atoms with Gasteiger partial charge in [0.1, 0.15) is 5.71 Å². The zero-order valence-electron chi connectivity index (χ0n) is 15.4. The summed E-state index contributed by atoms with van der Waals surface area (Å²) >= 11 is 11.9. The lowest BCUT2D eigenvalue weighted by atomic mass is 10.0.